The molecule has 0 radical (unpaired) electrons. The minimum absolute atomic E-state index is 0.496. The molecule has 12 heteroatoms. The average Bonchev–Trinajstić information content (AvgIpc) is 2.33. The fourth-order valence-electron chi connectivity index (χ4n) is 1.47. The van der Waals surface area contributed by atoms with Crippen LogP contribution in [0.1, 0.15) is 5.56 Å². The molecule has 1 aromatic rings. The zero-order valence-corrected chi connectivity index (χ0v) is 11.7. The number of para-hydroxylation sites is 1. The second-order valence-electron chi connectivity index (χ2n) is 3.92. The Bertz CT molecular complexity index is 593. The highest BCUT2D eigenvalue weighted by Crippen LogP contribution is 2.48. The zero-order valence-electron chi connectivity index (χ0n) is 10.0. The summed E-state index contributed by atoms with van der Waals surface area (Å²) in [6.07, 6.45) is -6.41. The normalized spacial score (nSPS) is 15.3. The summed E-state index contributed by atoms with van der Waals surface area (Å²) in [5.74, 6) is 0. The summed E-state index contributed by atoms with van der Waals surface area (Å²) in [6.45, 7) is 0. The molecule has 0 spiro atoms. The van der Waals surface area contributed by atoms with Gasteiger partial charge >= 0.3 is 18.8 Å². The molecule has 1 rings (SSSR count). The fourth-order valence-corrected chi connectivity index (χ4v) is 2.01. The number of alkyl halides is 4. The van der Waals surface area contributed by atoms with Crippen LogP contribution in [-0.2, 0) is 9.56 Å². The van der Waals surface area contributed by atoms with Gasteiger partial charge in [0.1, 0.15) is 6.29 Å². The SMILES string of the molecule is O=[N+]([O-])C(Cl)(c1ccccc1NCP(=O)(O)O)C(F)(F)F. The molecule has 21 heavy (non-hydrogen) atoms. The number of benzene rings is 1. The molecule has 0 aliphatic rings. The van der Waals surface area contributed by atoms with Gasteiger partial charge in [0, 0.05) is 5.69 Å². The third-order valence-corrected chi connectivity index (χ3v) is 3.51. The molecule has 1 aromatic carbocycles. The zero-order chi connectivity index (χ0) is 16.5. The summed E-state index contributed by atoms with van der Waals surface area (Å²) in [4.78, 5) is 22.6. The summed E-state index contributed by atoms with van der Waals surface area (Å²) in [6, 6.07) is 4.08. The van der Waals surface area contributed by atoms with Crippen LogP contribution in [0.4, 0.5) is 18.9 Å². The predicted molar refractivity (Wildman–Crippen MR) is 67.6 cm³/mol. The van der Waals surface area contributed by atoms with Crippen molar-refractivity contribution in [3.05, 3.63) is 39.9 Å². The Morgan fingerprint density at radius 3 is 2.29 bits per heavy atom. The Kier molecular flexibility index (Phi) is 4.89. The molecule has 0 amide bonds. The number of nitro groups is 1. The van der Waals surface area contributed by atoms with E-state index in [9.17, 15) is 27.9 Å². The predicted octanol–water partition coefficient (Wildman–Crippen LogP) is 2.46. The van der Waals surface area contributed by atoms with Crippen LogP contribution in [0, 0.1) is 10.1 Å². The van der Waals surface area contributed by atoms with Crippen molar-refractivity contribution < 1.29 is 32.4 Å². The van der Waals surface area contributed by atoms with Gasteiger partial charge in [0.25, 0.3) is 0 Å². The van der Waals surface area contributed by atoms with Crippen LogP contribution in [0.25, 0.3) is 0 Å². The van der Waals surface area contributed by atoms with Gasteiger partial charge in [0.15, 0.2) is 0 Å². The van der Waals surface area contributed by atoms with Gasteiger partial charge in [-0.3, -0.25) is 14.7 Å². The number of halogens is 4. The smallest absolute Gasteiger partial charge is 0.374 e. The lowest BCUT2D eigenvalue weighted by Gasteiger charge is -2.24. The first-order valence-electron chi connectivity index (χ1n) is 5.17. The molecule has 0 bridgehead atoms. The molecule has 0 saturated carbocycles. The largest absolute Gasteiger partial charge is 0.481 e. The van der Waals surface area contributed by atoms with E-state index in [-0.39, 0.29) is 0 Å². The molecule has 0 fully saturated rings. The molecule has 118 valence electrons. The van der Waals surface area contributed by atoms with Crippen molar-refractivity contribution >= 4 is 24.9 Å². The van der Waals surface area contributed by atoms with Gasteiger partial charge in [-0.05, 0) is 23.7 Å². The first-order valence-corrected chi connectivity index (χ1v) is 7.35. The Balaban J connectivity index is 3.35. The summed E-state index contributed by atoms with van der Waals surface area (Å²) in [5, 5.41) is 12.8. The molecule has 0 heterocycles. The second kappa shape index (κ2) is 5.80. The first-order chi connectivity index (χ1) is 9.39. The molecule has 0 aromatic heterocycles. The second-order valence-corrected chi connectivity index (χ2v) is 6.11. The molecule has 0 saturated heterocycles. The van der Waals surface area contributed by atoms with Crippen LogP contribution in [0.5, 0.6) is 0 Å². The maximum Gasteiger partial charge on any atom is 0.481 e. The highest BCUT2D eigenvalue weighted by Gasteiger charge is 2.67. The lowest BCUT2D eigenvalue weighted by molar-refractivity contribution is -0.592. The van der Waals surface area contributed by atoms with E-state index in [4.69, 9.17) is 21.4 Å². The van der Waals surface area contributed by atoms with Gasteiger partial charge in [-0.1, -0.05) is 12.1 Å². The molecule has 1 unspecified atom stereocenters. The van der Waals surface area contributed by atoms with E-state index in [0.717, 1.165) is 18.2 Å². The van der Waals surface area contributed by atoms with E-state index in [2.05, 4.69) is 0 Å². The van der Waals surface area contributed by atoms with Crippen LogP contribution in [0.3, 0.4) is 0 Å². The number of anilines is 1. The minimum Gasteiger partial charge on any atom is -0.374 e. The Morgan fingerprint density at radius 2 is 1.86 bits per heavy atom. The lowest BCUT2D eigenvalue weighted by Crippen LogP contribution is -2.44. The molecule has 3 N–H and O–H groups in total. The molecule has 7 nitrogen and oxygen atoms in total. The van der Waals surface area contributed by atoms with Crippen LogP contribution in [0.2, 0.25) is 0 Å². The van der Waals surface area contributed by atoms with E-state index in [1.807, 2.05) is 5.32 Å². The van der Waals surface area contributed by atoms with E-state index >= 15 is 0 Å². The number of nitrogens with one attached hydrogen (secondary N) is 1. The van der Waals surface area contributed by atoms with Gasteiger partial charge < -0.3 is 15.1 Å². The van der Waals surface area contributed by atoms with E-state index in [1.165, 1.54) is 6.07 Å². The number of hydrogen-bond acceptors (Lipinski definition) is 4. The highest BCUT2D eigenvalue weighted by molar-refractivity contribution is 7.51. The number of nitrogens with zero attached hydrogens (tertiary/aromatic N) is 1. The van der Waals surface area contributed by atoms with E-state index < -0.39 is 41.2 Å². The molecule has 0 aliphatic heterocycles. The maximum atomic E-state index is 12.9. The van der Waals surface area contributed by atoms with Gasteiger partial charge in [0.05, 0.1) is 10.5 Å². The Labute approximate surface area is 121 Å². The number of rotatable bonds is 5. The van der Waals surface area contributed by atoms with Crippen molar-refractivity contribution in [3.63, 3.8) is 0 Å². The topological polar surface area (TPSA) is 113 Å². The minimum atomic E-state index is -5.42. The van der Waals surface area contributed by atoms with Crippen molar-refractivity contribution in [3.8, 4) is 0 Å². The maximum absolute atomic E-state index is 12.9. The summed E-state index contributed by atoms with van der Waals surface area (Å²) >= 11 is 5.17. The van der Waals surface area contributed by atoms with Crippen molar-refractivity contribution in [2.75, 3.05) is 11.6 Å². The van der Waals surface area contributed by atoms with E-state index in [1.54, 1.807) is 0 Å². The number of hydrogen-bond donors (Lipinski definition) is 3. The first kappa shape index (κ1) is 17.7. The van der Waals surface area contributed by atoms with Crippen molar-refractivity contribution in [2.45, 2.75) is 11.2 Å². The average molecular weight is 349 g/mol. The van der Waals surface area contributed by atoms with Crippen LogP contribution >= 0.6 is 19.2 Å². The quantitative estimate of drug-likeness (QED) is 0.248. The fraction of sp³-hybridized carbons (Fsp3) is 0.333. The summed E-state index contributed by atoms with van der Waals surface area (Å²) < 4.78 is 49.6. The molecule has 0 aliphatic carbocycles. The van der Waals surface area contributed by atoms with Crippen molar-refractivity contribution in [2.24, 2.45) is 0 Å². The van der Waals surface area contributed by atoms with Gasteiger partial charge in [-0.2, -0.15) is 13.2 Å². The Hall–Kier alpha value is -1.35. The summed E-state index contributed by atoms with van der Waals surface area (Å²) in [7, 11) is -4.57. The van der Waals surface area contributed by atoms with Gasteiger partial charge in [0.2, 0.25) is 0 Å². The summed E-state index contributed by atoms with van der Waals surface area (Å²) in [5.41, 5.74) is -1.46. The van der Waals surface area contributed by atoms with Gasteiger partial charge in [-0.15, -0.1) is 0 Å². The van der Waals surface area contributed by atoms with Crippen molar-refractivity contribution in [1.82, 2.24) is 0 Å². The van der Waals surface area contributed by atoms with E-state index in [0.29, 0.717) is 0 Å². The molecular formula is C9H9ClF3N2O5P. The standard InChI is InChI=1S/C9H9ClF3N2O5P/c10-8(15(16)17,9(11,12)13)6-3-1-2-4-7(6)14-5-21(18,19)20/h1-4,14H,5H2,(H2,18,19,20). The van der Waals surface area contributed by atoms with Crippen LogP contribution < -0.4 is 5.32 Å². The van der Waals surface area contributed by atoms with Gasteiger partial charge in [-0.25, -0.2) is 0 Å². The third kappa shape index (κ3) is 3.85. The highest BCUT2D eigenvalue weighted by atomic mass is 35.5. The van der Waals surface area contributed by atoms with Crippen molar-refractivity contribution in [1.29, 1.82) is 0 Å². The molecule has 1 atom stereocenters. The molecular weight excluding hydrogens is 340 g/mol. The van der Waals surface area contributed by atoms with Crippen LogP contribution in [0.15, 0.2) is 24.3 Å². The monoisotopic (exact) mass is 348 g/mol. The van der Waals surface area contributed by atoms with Crippen LogP contribution in [-0.4, -0.2) is 27.2 Å². The lowest BCUT2D eigenvalue weighted by atomic mass is 10.0. The third-order valence-electron chi connectivity index (χ3n) is 2.39. The Morgan fingerprint density at radius 1 is 1.33 bits per heavy atom.